The minimum absolute atomic E-state index is 0.0451. The number of carbonyl (C=O) groups excluding carboxylic acids is 1. The van der Waals surface area contributed by atoms with Crippen LogP contribution in [0.4, 0.5) is 0 Å². The van der Waals surface area contributed by atoms with Crippen LogP contribution in [0.5, 0.6) is 0 Å². The third-order valence-electron chi connectivity index (χ3n) is 4.66. The Bertz CT molecular complexity index is 786. The van der Waals surface area contributed by atoms with E-state index >= 15 is 0 Å². The molecule has 3 rings (SSSR count). The van der Waals surface area contributed by atoms with Crippen LogP contribution in [-0.4, -0.2) is 33.8 Å². The van der Waals surface area contributed by atoms with Crippen molar-refractivity contribution in [2.24, 2.45) is 5.92 Å². The molecule has 0 aliphatic carbocycles. The normalized spacial score (nSPS) is 20.2. The van der Waals surface area contributed by atoms with Gasteiger partial charge in [0.2, 0.25) is 0 Å². The lowest BCUT2D eigenvalue weighted by atomic mass is 9.90. The average molecular weight is 341 g/mol. The fraction of sp³-hybridized carbons (Fsp3) is 0.500. The number of amides is 1. The molecule has 0 spiro atoms. The van der Waals surface area contributed by atoms with Gasteiger partial charge in [0, 0.05) is 43.1 Å². The van der Waals surface area contributed by atoms with Crippen molar-refractivity contribution in [1.82, 2.24) is 20.1 Å². The van der Waals surface area contributed by atoms with E-state index in [9.17, 15) is 4.79 Å². The minimum atomic E-state index is -0.163. The summed E-state index contributed by atoms with van der Waals surface area (Å²) in [4.78, 5) is 15.3. The zero-order chi connectivity index (χ0) is 17.8. The fourth-order valence-electron chi connectivity index (χ4n) is 3.29. The molecule has 0 saturated carbocycles. The molecular weight excluding hydrogens is 318 g/mol. The van der Waals surface area contributed by atoms with Crippen molar-refractivity contribution < 1.29 is 9.53 Å². The number of carbonyl (C=O) groups is 1. The lowest BCUT2D eigenvalue weighted by molar-refractivity contribution is -0.0273. The minimum Gasteiger partial charge on any atom is -0.373 e. The first-order chi connectivity index (χ1) is 12.1. The van der Waals surface area contributed by atoms with Gasteiger partial charge in [-0.05, 0) is 32.8 Å². The highest BCUT2D eigenvalue weighted by Gasteiger charge is 2.29. The van der Waals surface area contributed by atoms with Crippen molar-refractivity contribution >= 4 is 5.91 Å². The zero-order valence-electron chi connectivity index (χ0n) is 14.6. The maximum Gasteiger partial charge on any atom is 0.253 e. The van der Waals surface area contributed by atoms with Crippen molar-refractivity contribution in [2.75, 3.05) is 13.2 Å². The molecular formula is C18H23N5O2. The summed E-state index contributed by atoms with van der Waals surface area (Å²) in [6.45, 7) is 5.93. The summed E-state index contributed by atoms with van der Waals surface area (Å²) in [5.41, 5.74) is 2.68. The second-order valence-corrected chi connectivity index (χ2v) is 6.37. The van der Waals surface area contributed by atoms with Gasteiger partial charge in [0.05, 0.1) is 17.9 Å². The number of hydrogen-bond acceptors (Lipinski definition) is 4. The van der Waals surface area contributed by atoms with Crippen LogP contribution in [0.25, 0.3) is 0 Å². The van der Waals surface area contributed by atoms with Gasteiger partial charge in [0.25, 0.3) is 5.91 Å². The molecule has 1 saturated heterocycles. The van der Waals surface area contributed by atoms with Gasteiger partial charge in [-0.2, -0.15) is 10.4 Å². The summed E-state index contributed by atoms with van der Waals surface area (Å²) in [6.07, 6.45) is 5.80. The number of nitrogens with one attached hydrogen (secondary N) is 2. The first kappa shape index (κ1) is 17.2. The third kappa shape index (κ3) is 3.74. The van der Waals surface area contributed by atoms with Crippen LogP contribution in [0.3, 0.4) is 0 Å². The molecule has 2 aromatic rings. The van der Waals surface area contributed by atoms with Crippen LogP contribution in [-0.2, 0) is 11.3 Å². The summed E-state index contributed by atoms with van der Waals surface area (Å²) < 4.78 is 7.85. The Balaban J connectivity index is 1.66. The molecule has 1 amide bonds. The fourth-order valence-corrected chi connectivity index (χ4v) is 3.29. The number of aryl methyl sites for hydroxylation is 2. The van der Waals surface area contributed by atoms with Crippen LogP contribution in [0.2, 0.25) is 0 Å². The van der Waals surface area contributed by atoms with Gasteiger partial charge >= 0.3 is 0 Å². The van der Waals surface area contributed by atoms with Crippen molar-refractivity contribution in [1.29, 1.82) is 5.26 Å². The van der Waals surface area contributed by atoms with Crippen LogP contribution < -0.4 is 5.32 Å². The maximum absolute atomic E-state index is 12.4. The van der Waals surface area contributed by atoms with Gasteiger partial charge in [0.1, 0.15) is 11.8 Å². The molecule has 3 heterocycles. The van der Waals surface area contributed by atoms with Gasteiger partial charge in [0.15, 0.2) is 0 Å². The van der Waals surface area contributed by atoms with E-state index in [1.165, 1.54) is 0 Å². The van der Waals surface area contributed by atoms with Gasteiger partial charge in [-0.1, -0.05) is 0 Å². The molecule has 0 bridgehead atoms. The van der Waals surface area contributed by atoms with E-state index in [0.717, 1.165) is 31.6 Å². The number of hydrogen-bond donors (Lipinski definition) is 2. The van der Waals surface area contributed by atoms with Gasteiger partial charge < -0.3 is 15.0 Å². The summed E-state index contributed by atoms with van der Waals surface area (Å²) in [6, 6.07) is 3.61. The number of nitrogens with zero attached hydrogens (tertiary/aromatic N) is 3. The smallest absolute Gasteiger partial charge is 0.253 e. The van der Waals surface area contributed by atoms with Crippen molar-refractivity contribution in [3.8, 4) is 6.07 Å². The Hall–Kier alpha value is -2.59. The molecule has 0 aromatic carbocycles. The average Bonchev–Trinajstić information content (AvgIpc) is 3.26. The Morgan fingerprint density at radius 1 is 1.60 bits per heavy atom. The van der Waals surface area contributed by atoms with Gasteiger partial charge in [-0.3, -0.25) is 9.48 Å². The number of aromatic amines is 1. The zero-order valence-corrected chi connectivity index (χ0v) is 14.6. The summed E-state index contributed by atoms with van der Waals surface area (Å²) in [7, 11) is 0. The quantitative estimate of drug-likeness (QED) is 0.872. The molecule has 2 atom stereocenters. The SMILES string of the molecule is CCn1cc([C@@H]2OCCC[C@H]2CNC(=O)c2cc(C#N)[nH]c2C)cn1. The second kappa shape index (κ2) is 7.53. The number of ether oxygens (including phenoxy) is 1. The highest BCUT2D eigenvalue weighted by atomic mass is 16.5. The number of H-pyrrole nitrogens is 1. The van der Waals surface area contributed by atoms with E-state index in [4.69, 9.17) is 10.00 Å². The highest BCUT2D eigenvalue weighted by molar-refractivity contribution is 5.95. The Morgan fingerprint density at radius 3 is 3.12 bits per heavy atom. The van der Waals surface area contributed by atoms with Crippen LogP contribution >= 0.6 is 0 Å². The molecule has 2 N–H and O–H groups in total. The first-order valence-corrected chi connectivity index (χ1v) is 8.64. The number of rotatable bonds is 5. The predicted molar refractivity (Wildman–Crippen MR) is 91.9 cm³/mol. The summed E-state index contributed by atoms with van der Waals surface area (Å²) in [5.74, 6) is 0.0470. The van der Waals surface area contributed by atoms with Gasteiger partial charge in [-0.25, -0.2) is 0 Å². The third-order valence-corrected chi connectivity index (χ3v) is 4.66. The molecule has 25 heavy (non-hydrogen) atoms. The standard InChI is InChI=1S/C18H23N5O2/c1-3-23-11-14(10-21-23)17-13(5-4-6-25-17)9-20-18(24)16-7-15(8-19)22-12(16)2/h7,10-11,13,17,22H,3-6,9H2,1-2H3,(H,20,24)/t13-,17+/m0/s1. The van der Waals surface area contributed by atoms with E-state index in [1.807, 2.05) is 30.1 Å². The Kier molecular flexibility index (Phi) is 5.19. The van der Waals surface area contributed by atoms with E-state index in [2.05, 4.69) is 15.4 Å². The second-order valence-electron chi connectivity index (χ2n) is 6.37. The lowest BCUT2D eigenvalue weighted by Gasteiger charge is -2.31. The molecule has 132 valence electrons. The van der Waals surface area contributed by atoms with E-state index in [1.54, 1.807) is 13.0 Å². The van der Waals surface area contributed by atoms with Crippen LogP contribution in [0.15, 0.2) is 18.5 Å². The molecule has 7 heteroatoms. The maximum atomic E-state index is 12.4. The molecule has 7 nitrogen and oxygen atoms in total. The topological polar surface area (TPSA) is 95.7 Å². The molecule has 0 unspecified atom stereocenters. The summed E-state index contributed by atoms with van der Waals surface area (Å²) >= 11 is 0. The van der Waals surface area contributed by atoms with Crippen molar-refractivity contribution in [3.63, 3.8) is 0 Å². The highest BCUT2D eigenvalue weighted by Crippen LogP contribution is 2.33. The molecule has 0 radical (unpaired) electrons. The Morgan fingerprint density at radius 2 is 2.44 bits per heavy atom. The molecule has 1 fully saturated rings. The van der Waals surface area contributed by atoms with Crippen LogP contribution in [0, 0.1) is 24.2 Å². The monoisotopic (exact) mass is 341 g/mol. The molecule has 1 aliphatic heterocycles. The number of nitriles is 1. The first-order valence-electron chi connectivity index (χ1n) is 8.64. The summed E-state index contributed by atoms with van der Waals surface area (Å²) in [5, 5.41) is 16.3. The van der Waals surface area contributed by atoms with Crippen LogP contribution in [0.1, 0.15) is 53.2 Å². The van der Waals surface area contributed by atoms with E-state index in [0.29, 0.717) is 23.5 Å². The van der Waals surface area contributed by atoms with Crippen molar-refractivity contribution in [3.05, 3.63) is 41.0 Å². The van der Waals surface area contributed by atoms with Gasteiger partial charge in [-0.15, -0.1) is 0 Å². The largest absolute Gasteiger partial charge is 0.373 e. The van der Waals surface area contributed by atoms with Crippen molar-refractivity contribution in [2.45, 2.75) is 39.3 Å². The van der Waals surface area contributed by atoms with E-state index in [-0.39, 0.29) is 17.9 Å². The molecule has 1 aliphatic rings. The van der Waals surface area contributed by atoms with E-state index < -0.39 is 0 Å². The Labute approximate surface area is 147 Å². The molecule has 2 aromatic heterocycles. The lowest BCUT2D eigenvalue weighted by Crippen LogP contribution is -2.35. The predicted octanol–water partition coefficient (Wildman–Crippen LogP) is 2.31. The number of aromatic nitrogens is 3.